The molecule has 4 amide bonds. The molecule has 150 valence electrons. The Hall–Kier alpha value is -2.12. The van der Waals surface area contributed by atoms with Crippen LogP contribution in [0.1, 0.15) is 71.1 Å². The smallest absolute Gasteiger partial charge is 0.327 e. The molecule has 2 aliphatic carbocycles. The minimum atomic E-state index is -0.957. The molecule has 8 heteroatoms. The van der Waals surface area contributed by atoms with Gasteiger partial charge in [-0.3, -0.25) is 19.3 Å². The van der Waals surface area contributed by atoms with Crippen LogP contribution >= 0.6 is 0 Å². The van der Waals surface area contributed by atoms with Crippen molar-refractivity contribution in [3.63, 3.8) is 0 Å². The van der Waals surface area contributed by atoms with Crippen LogP contribution in [-0.2, 0) is 19.1 Å². The van der Waals surface area contributed by atoms with Gasteiger partial charge >= 0.3 is 12.0 Å². The number of ether oxygens (including phenoxy) is 1. The van der Waals surface area contributed by atoms with Crippen LogP contribution in [0.5, 0.6) is 0 Å². The SMILES string of the molecule is C[C@H](OC(=O)CN1C(=O)NC2(CCCC2)C1=O)C(=O)NC1CCCCCC1. The summed E-state index contributed by atoms with van der Waals surface area (Å²) in [7, 11) is 0. The monoisotopic (exact) mass is 379 g/mol. The highest BCUT2D eigenvalue weighted by Crippen LogP contribution is 2.34. The molecular weight excluding hydrogens is 350 g/mol. The van der Waals surface area contributed by atoms with Gasteiger partial charge in [-0.2, -0.15) is 0 Å². The summed E-state index contributed by atoms with van der Waals surface area (Å²) < 4.78 is 5.17. The molecule has 3 rings (SSSR count). The summed E-state index contributed by atoms with van der Waals surface area (Å²) in [4.78, 5) is 50.0. The number of esters is 1. The number of nitrogens with zero attached hydrogens (tertiary/aromatic N) is 1. The molecule has 1 atom stereocenters. The van der Waals surface area contributed by atoms with Gasteiger partial charge in [-0.1, -0.05) is 38.5 Å². The minimum absolute atomic E-state index is 0.120. The molecule has 0 bridgehead atoms. The van der Waals surface area contributed by atoms with Gasteiger partial charge in [0, 0.05) is 6.04 Å². The van der Waals surface area contributed by atoms with E-state index in [-0.39, 0.29) is 17.9 Å². The van der Waals surface area contributed by atoms with E-state index in [0.29, 0.717) is 12.8 Å². The van der Waals surface area contributed by atoms with Crippen molar-refractivity contribution in [3.8, 4) is 0 Å². The normalized spacial score (nSPS) is 23.8. The molecule has 1 heterocycles. The van der Waals surface area contributed by atoms with Crippen LogP contribution in [0, 0.1) is 0 Å². The zero-order valence-electron chi connectivity index (χ0n) is 15.9. The Morgan fingerprint density at radius 3 is 2.41 bits per heavy atom. The van der Waals surface area contributed by atoms with E-state index in [9.17, 15) is 19.2 Å². The van der Waals surface area contributed by atoms with E-state index in [4.69, 9.17) is 4.74 Å². The zero-order chi connectivity index (χ0) is 19.4. The average Bonchev–Trinajstić information content (AvgIpc) is 3.06. The van der Waals surface area contributed by atoms with Crippen LogP contribution in [0.4, 0.5) is 4.79 Å². The van der Waals surface area contributed by atoms with Crippen LogP contribution in [0.15, 0.2) is 0 Å². The Morgan fingerprint density at radius 1 is 1.15 bits per heavy atom. The van der Waals surface area contributed by atoms with Crippen molar-refractivity contribution in [1.82, 2.24) is 15.5 Å². The number of rotatable bonds is 5. The molecule has 0 aromatic rings. The summed E-state index contributed by atoms with van der Waals surface area (Å²) in [6.45, 7) is 1.04. The highest BCUT2D eigenvalue weighted by atomic mass is 16.5. The van der Waals surface area contributed by atoms with Gasteiger partial charge in [0.2, 0.25) is 0 Å². The molecular formula is C19H29N3O5. The van der Waals surface area contributed by atoms with Crippen LogP contribution in [0.2, 0.25) is 0 Å². The van der Waals surface area contributed by atoms with E-state index in [2.05, 4.69) is 10.6 Å². The first-order valence-corrected chi connectivity index (χ1v) is 10.1. The van der Waals surface area contributed by atoms with Gasteiger partial charge in [-0.15, -0.1) is 0 Å². The number of hydrogen-bond donors (Lipinski definition) is 2. The summed E-state index contributed by atoms with van der Waals surface area (Å²) in [6, 6.07) is -0.441. The van der Waals surface area contributed by atoms with Crippen molar-refractivity contribution in [1.29, 1.82) is 0 Å². The fraction of sp³-hybridized carbons (Fsp3) is 0.789. The molecule has 0 aromatic heterocycles. The molecule has 3 aliphatic rings. The fourth-order valence-electron chi connectivity index (χ4n) is 4.30. The third-order valence-electron chi connectivity index (χ3n) is 5.87. The Bertz CT molecular complexity index is 606. The van der Waals surface area contributed by atoms with E-state index >= 15 is 0 Å². The molecule has 1 aliphatic heterocycles. The zero-order valence-corrected chi connectivity index (χ0v) is 15.9. The van der Waals surface area contributed by atoms with Crippen molar-refractivity contribution >= 4 is 23.8 Å². The van der Waals surface area contributed by atoms with E-state index in [1.54, 1.807) is 0 Å². The standard InChI is InChI=1S/C19H29N3O5/c1-13(16(24)20-14-8-4-2-3-5-9-14)27-15(23)12-22-17(25)19(21-18(22)26)10-6-7-11-19/h13-14H,2-12H2,1H3,(H,20,24)(H,21,26)/t13-/m0/s1. The van der Waals surface area contributed by atoms with Crippen molar-refractivity contribution in [2.45, 2.75) is 88.8 Å². The van der Waals surface area contributed by atoms with Crippen LogP contribution in [0.3, 0.4) is 0 Å². The van der Waals surface area contributed by atoms with Gasteiger partial charge in [0.1, 0.15) is 12.1 Å². The van der Waals surface area contributed by atoms with Gasteiger partial charge in [0.25, 0.3) is 11.8 Å². The third-order valence-corrected chi connectivity index (χ3v) is 5.87. The molecule has 8 nitrogen and oxygen atoms in total. The first-order valence-electron chi connectivity index (χ1n) is 10.1. The fourth-order valence-corrected chi connectivity index (χ4v) is 4.30. The maximum Gasteiger partial charge on any atom is 0.327 e. The molecule has 1 saturated heterocycles. The summed E-state index contributed by atoms with van der Waals surface area (Å²) in [5.74, 6) is -1.45. The number of amides is 4. The average molecular weight is 379 g/mol. The second-order valence-electron chi connectivity index (χ2n) is 7.94. The van der Waals surface area contributed by atoms with Gasteiger partial charge in [0.15, 0.2) is 6.10 Å². The number of imide groups is 1. The van der Waals surface area contributed by atoms with E-state index < -0.39 is 30.2 Å². The van der Waals surface area contributed by atoms with Crippen molar-refractivity contribution in [2.24, 2.45) is 0 Å². The summed E-state index contributed by atoms with van der Waals surface area (Å²) in [5.41, 5.74) is -0.847. The van der Waals surface area contributed by atoms with E-state index in [1.807, 2.05) is 0 Å². The van der Waals surface area contributed by atoms with E-state index in [0.717, 1.165) is 43.4 Å². The highest BCUT2D eigenvalue weighted by Gasteiger charge is 2.52. The number of carbonyl (C=O) groups is 4. The van der Waals surface area contributed by atoms with Crippen molar-refractivity contribution < 1.29 is 23.9 Å². The lowest BCUT2D eigenvalue weighted by Gasteiger charge is -2.21. The Labute approximate surface area is 159 Å². The maximum atomic E-state index is 12.5. The highest BCUT2D eigenvalue weighted by molar-refractivity contribution is 6.08. The molecule has 2 saturated carbocycles. The molecule has 27 heavy (non-hydrogen) atoms. The lowest BCUT2D eigenvalue weighted by Crippen LogP contribution is -2.45. The third kappa shape index (κ3) is 4.42. The lowest BCUT2D eigenvalue weighted by molar-refractivity contribution is -0.156. The van der Waals surface area contributed by atoms with Crippen LogP contribution in [0.25, 0.3) is 0 Å². The molecule has 3 fully saturated rings. The van der Waals surface area contributed by atoms with E-state index in [1.165, 1.54) is 19.8 Å². The summed E-state index contributed by atoms with van der Waals surface area (Å²) in [6.07, 6.45) is 8.43. The molecule has 2 N–H and O–H groups in total. The van der Waals surface area contributed by atoms with Crippen molar-refractivity contribution in [3.05, 3.63) is 0 Å². The van der Waals surface area contributed by atoms with Crippen molar-refractivity contribution in [2.75, 3.05) is 6.54 Å². The van der Waals surface area contributed by atoms with Crippen LogP contribution in [-0.4, -0.2) is 52.9 Å². The van der Waals surface area contributed by atoms with Gasteiger partial charge < -0.3 is 15.4 Å². The number of nitrogens with one attached hydrogen (secondary N) is 2. The maximum absolute atomic E-state index is 12.5. The largest absolute Gasteiger partial charge is 0.451 e. The summed E-state index contributed by atoms with van der Waals surface area (Å²) >= 11 is 0. The van der Waals surface area contributed by atoms with Gasteiger partial charge in [-0.05, 0) is 32.6 Å². The topological polar surface area (TPSA) is 105 Å². The number of hydrogen-bond acceptors (Lipinski definition) is 5. The molecule has 0 unspecified atom stereocenters. The molecule has 0 radical (unpaired) electrons. The first-order chi connectivity index (χ1) is 12.9. The number of urea groups is 1. The predicted octanol–water partition coefficient (Wildman–Crippen LogP) is 1.62. The lowest BCUT2D eigenvalue weighted by atomic mass is 9.98. The Morgan fingerprint density at radius 2 is 1.78 bits per heavy atom. The first kappa shape index (κ1) is 19.6. The quantitative estimate of drug-likeness (QED) is 0.429. The predicted molar refractivity (Wildman–Crippen MR) is 96.6 cm³/mol. The second-order valence-corrected chi connectivity index (χ2v) is 7.94. The Kier molecular flexibility index (Phi) is 6.01. The van der Waals surface area contributed by atoms with Gasteiger partial charge in [-0.25, -0.2) is 4.79 Å². The number of carbonyl (C=O) groups excluding carboxylic acids is 4. The minimum Gasteiger partial charge on any atom is -0.451 e. The molecule has 1 spiro atoms. The Balaban J connectivity index is 1.48. The second kappa shape index (κ2) is 8.27. The van der Waals surface area contributed by atoms with Gasteiger partial charge in [0.05, 0.1) is 0 Å². The molecule has 0 aromatic carbocycles. The van der Waals surface area contributed by atoms with Crippen LogP contribution < -0.4 is 10.6 Å². The summed E-state index contributed by atoms with van der Waals surface area (Å²) in [5, 5.41) is 5.66.